The molecule has 1 aromatic carbocycles. The van der Waals surface area contributed by atoms with Crippen molar-refractivity contribution in [3.05, 3.63) is 35.4 Å². The van der Waals surface area contributed by atoms with E-state index in [1.54, 1.807) is 32.9 Å². The first-order valence-corrected chi connectivity index (χ1v) is 8.55. The molecule has 0 aliphatic heterocycles. The molecule has 1 unspecified atom stereocenters. The van der Waals surface area contributed by atoms with Crippen LogP contribution in [0.1, 0.15) is 37.9 Å². The molecule has 118 valence electrons. The predicted molar refractivity (Wildman–Crippen MR) is 82.6 cm³/mol. The Kier molecular flexibility index (Phi) is 5.53. The summed E-state index contributed by atoms with van der Waals surface area (Å²) in [5.41, 5.74) is 7.00. The summed E-state index contributed by atoms with van der Waals surface area (Å²) in [7, 11) is -3.61. The van der Waals surface area contributed by atoms with Crippen LogP contribution >= 0.6 is 0 Å². The van der Waals surface area contributed by atoms with Gasteiger partial charge in [0.15, 0.2) is 9.84 Å². The number of sulfone groups is 1. The van der Waals surface area contributed by atoms with E-state index in [4.69, 9.17) is 10.5 Å². The second kappa shape index (κ2) is 6.58. The first-order valence-electron chi connectivity index (χ1n) is 6.73. The maximum atomic E-state index is 12.0. The number of nitrogens with two attached hydrogens (primary N) is 1. The standard InChI is InChI=1S/C15H23NO4S/c1-11-5-7-12(8-6-11)13(16)9-21(18,19)10-14(17)20-15(2,3)4/h5-8,13H,9-10,16H2,1-4H3. The van der Waals surface area contributed by atoms with Crippen molar-refractivity contribution in [2.24, 2.45) is 5.73 Å². The molecule has 0 saturated heterocycles. The van der Waals surface area contributed by atoms with Crippen molar-refractivity contribution >= 4 is 15.8 Å². The fourth-order valence-corrected chi connectivity index (χ4v) is 3.07. The molecule has 0 radical (unpaired) electrons. The van der Waals surface area contributed by atoms with Crippen LogP contribution in [0.4, 0.5) is 0 Å². The van der Waals surface area contributed by atoms with Crippen LogP contribution in [0, 0.1) is 6.92 Å². The van der Waals surface area contributed by atoms with E-state index in [1.807, 2.05) is 19.1 Å². The number of hydrogen-bond acceptors (Lipinski definition) is 5. The first-order chi connectivity index (χ1) is 9.48. The Balaban J connectivity index is 2.67. The van der Waals surface area contributed by atoms with Gasteiger partial charge in [0.1, 0.15) is 11.4 Å². The lowest BCUT2D eigenvalue weighted by Crippen LogP contribution is -2.31. The molecule has 21 heavy (non-hydrogen) atoms. The molecule has 0 saturated carbocycles. The fraction of sp³-hybridized carbons (Fsp3) is 0.533. The number of aryl methyl sites for hydroxylation is 1. The summed E-state index contributed by atoms with van der Waals surface area (Å²) in [5, 5.41) is 0. The van der Waals surface area contributed by atoms with Crippen molar-refractivity contribution < 1.29 is 17.9 Å². The quantitative estimate of drug-likeness (QED) is 0.837. The minimum Gasteiger partial charge on any atom is -0.459 e. The Morgan fingerprint density at radius 2 is 1.76 bits per heavy atom. The van der Waals surface area contributed by atoms with Gasteiger partial charge in [-0.05, 0) is 33.3 Å². The topological polar surface area (TPSA) is 86.5 Å². The molecule has 0 aromatic heterocycles. The van der Waals surface area contributed by atoms with Crippen LogP contribution in [0.5, 0.6) is 0 Å². The number of esters is 1. The van der Waals surface area contributed by atoms with E-state index in [1.165, 1.54) is 0 Å². The van der Waals surface area contributed by atoms with Gasteiger partial charge < -0.3 is 10.5 Å². The molecular weight excluding hydrogens is 290 g/mol. The van der Waals surface area contributed by atoms with Gasteiger partial charge in [0.25, 0.3) is 0 Å². The second-order valence-corrected chi connectivity index (χ2v) is 8.27. The first kappa shape index (κ1) is 17.7. The summed E-state index contributed by atoms with van der Waals surface area (Å²) >= 11 is 0. The Morgan fingerprint density at radius 1 is 1.24 bits per heavy atom. The van der Waals surface area contributed by atoms with Crippen molar-refractivity contribution in [3.63, 3.8) is 0 Å². The lowest BCUT2D eigenvalue weighted by Gasteiger charge is -2.20. The van der Waals surface area contributed by atoms with Crippen LogP contribution < -0.4 is 5.73 Å². The zero-order valence-electron chi connectivity index (χ0n) is 12.9. The molecule has 1 aromatic rings. The predicted octanol–water partition coefficient (Wildman–Crippen LogP) is 1.75. The Labute approximate surface area is 126 Å². The molecule has 0 fully saturated rings. The van der Waals surface area contributed by atoms with Crippen molar-refractivity contribution in [2.45, 2.75) is 39.3 Å². The maximum Gasteiger partial charge on any atom is 0.321 e. The molecule has 1 atom stereocenters. The van der Waals surface area contributed by atoms with Crippen LogP contribution in [0.15, 0.2) is 24.3 Å². The number of hydrogen-bond donors (Lipinski definition) is 1. The lowest BCUT2D eigenvalue weighted by molar-refractivity contribution is -0.151. The molecule has 0 aliphatic rings. The Bertz CT molecular complexity index is 585. The van der Waals surface area contributed by atoms with Gasteiger partial charge in [-0.3, -0.25) is 4.79 Å². The van der Waals surface area contributed by atoms with Crippen LogP contribution in [0.2, 0.25) is 0 Å². The van der Waals surface area contributed by atoms with Gasteiger partial charge in [0, 0.05) is 6.04 Å². The van der Waals surface area contributed by atoms with E-state index < -0.39 is 33.2 Å². The molecule has 0 bridgehead atoms. The van der Waals surface area contributed by atoms with E-state index in [-0.39, 0.29) is 5.75 Å². The minimum atomic E-state index is -3.61. The summed E-state index contributed by atoms with van der Waals surface area (Å²) in [5.74, 6) is -1.68. The molecular formula is C15H23NO4S. The molecule has 6 heteroatoms. The smallest absolute Gasteiger partial charge is 0.321 e. The third-order valence-corrected chi connectivity index (χ3v) is 4.24. The summed E-state index contributed by atoms with van der Waals surface area (Å²) in [4.78, 5) is 11.6. The highest BCUT2D eigenvalue weighted by Crippen LogP contribution is 2.15. The average Bonchev–Trinajstić information content (AvgIpc) is 2.24. The van der Waals surface area contributed by atoms with E-state index in [2.05, 4.69) is 0 Å². The van der Waals surface area contributed by atoms with Crippen LogP contribution in [-0.2, 0) is 19.4 Å². The lowest BCUT2D eigenvalue weighted by atomic mass is 10.1. The van der Waals surface area contributed by atoms with E-state index in [0.29, 0.717) is 0 Å². The summed E-state index contributed by atoms with van der Waals surface area (Å²) in [6, 6.07) is 6.68. The highest BCUT2D eigenvalue weighted by Gasteiger charge is 2.25. The van der Waals surface area contributed by atoms with Crippen LogP contribution in [0.3, 0.4) is 0 Å². The normalized spacial score (nSPS) is 13.8. The van der Waals surface area contributed by atoms with Gasteiger partial charge in [0.2, 0.25) is 0 Å². The third-order valence-electron chi connectivity index (χ3n) is 2.70. The van der Waals surface area contributed by atoms with E-state index >= 15 is 0 Å². The molecule has 1 rings (SSSR count). The molecule has 0 aliphatic carbocycles. The van der Waals surface area contributed by atoms with E-state index in [0.717, 1.165) is 11.1 Å². The number of rotatable bonds is 5. The third kappa shape index (κ3) is 6.73. The summed E-state index contributed by atoms with van der Waals surface area (Å²) in [6.45, 7) is 7.01. The zero-order chi connectivity index (χ0) is 16.3. The number of ether oxygens (including phenoxy) is 1. The summed E-state index contributed by atoms with van der Waals surface area (Å²) in [6.07, 6.45) is 0. The molecule has 5 nitrogen and oxygen atoms in total. The average molecular weight is 313 g/mol. The van der Waals surface area contributed by atoms with Gasteiger partial charge in [-0.1, -0.05) is 29.8 Å². The highest BCUT2D eigenvalue weighted by atomic mass is 32.2. The molecule has 2 N–H and O–H groups in total. The number of carbonyl (C=O) groups is 1. The number of carbonyl (C=O) groups excluding carboxylic acids is 1. The van der Waals surface area contributed by atoms with Gasteiger partial charge in [-0.25, -0.2) is 8.42 Å². The van der Waals surface area contributed by atoms with Crippen LogP contribution in [-0.4, -0.2) is 31.5 Å². The number of benzene rings is 1. The SMILES string of the molecule is Cc1ccc(C(N)CS(=O)(=O)CC(=O)OC(C)(C)C)cc1. The zero-order valence-corrected chi connectivity index (χ0v) is 13.7. The largest absolute Gasteiger partial charge is 0.459 e. The van der Waals surface area contributed by atoms with Crippen molar-refractivity contribution in [1.82, 2.24) is 0 Å². The van der Waals surface area contributed by atoms with E-state index in [9.17, 15) is 13.2 Å². The van der Waals surface area contributed by atoms with Crippen LogP contribution in [0.25, 0.3) is 0 Å². The highest BCUT2D eigenvalue weighted by molar-refractivity contribution is 7.92. The Hall–Kier alpha value is -1.40. The van der Waals surface area contributed by atoms with Crippen molar-refractivity contribution in [3.8, 4) is 0 Å². The molecule has 0 spiro atoms. The summed E-state index contributed by atoms with van der Waals surface area (Å²) < 4.78 is 29.0. The monoisotopic (exact) mass is 313 g/mol. The molecule has 0 amide bonds. The van der Waals surface area contributed by atoms with Crippen molar-refractivity contribution in [2.75, 3.05) is 11.5 Å². The van der Waals surface area contributed by atoms with Gasteiger partial charge in [0.05, 0.1) is 5.75 Å². The fourth-order valence-electron chi connectivity index (χ4n) is 1.79. The Morgan fingerprint density at radius 3 is 2.24 bits per heavy atom. The van der Waals surface area contributed by atoms with Gasteiger partial charge in [-0.2, -0.15) is 0 Å². The molecule has 0 heterocycles. The maximum absolute atomic E-state index is 12.0. The van der Waals surface area contributed by atoms with Gasteiger partial charge in [-0.15, -0.1) is 0 Å². The van der Waals surface area contributed by atoms with Gasteiger partial charge >= 0.3 is 5.97 Å². The second-order valence-electron chi connectivity index (χ2n) is 6.16. The van der Waals surface area contributed by atoms with Crippen molar-refractivity contribution in [1.29, 1.82) is 0 Å². The minimum absolute atomic E-state index is 0.282.